The van der Waals surface area contributed by atoms with Crippen LogP contribution in [0.3, 0.4) is 0 Å². The van der Waals surface area contributed by atoms with E-state index >= 15 is 0 Å². The van der Waals surface area contributed by atoms with Gasteiger partial charge in [0.1, 0.15) is 12.2 Å². The van der Waals surface area contributed by atoms with Gasteiger partial charge in [-0.1, -0.05) is 12.1 Å². The van der Waals surface area contributed by atoms with Gasteiger partial charge in [0.2, 0.25) is 0 Å². The van der Waals surface area contributed by atoms with Gasteiger partial charge in [0, 0.05) is 13.1 Å². The number of morpholine rings is 1. The molecule has 1 atom stereocenters. The molecule has 0 N–H and O–H groups in total. The SMILES string of the molecule is N#Cc1cccc(C2CN(c3nnccc3C#N)CCO2)c1. The van der Waals surface area contributed by atoms with Crippen LogP contribution in [-0.4, -0.2) is 29.9 Å². The Morgan fingerprint density at radius 1 is 1.23 bits per heavy atom. The van der Waals surface area contributed by atoms with Crippen LogP contribution in [0.15, 0.2) is 36.5 Å². The smallest absolute Gasteiger partial charge is 0.169 e. The lowest BCUT2D eigenvalue weighted by Crippen LogP contribution is -2.39. The lowest BCUT2D eigenvalue weighted by molar-refractivity contribution is 0.0394. The highest BCUT2D eigenvalue weighted by Crippen LogP contribution is 2.26. The summed E-state index contributed by atoms with van der Waals surface area (Å²) < 4.78 is 5.81. The molecule has 0 bridgehead atoms. The summed E-state index contributed by atoms with van der Waals surface area (Å²) in [4.78, 5) is 2.00. The zero-order chi connectivity index (χ0) is 15.4. The third-order valence-corrected chi connectivity index (χ3v) is 3.58. The molecular formula is C16H13N5O. The molecule has 1 saturated heterocycles. The van der Waals surface area contributed by atoms with Crippen LogP contribution in [0.25, 0.3) is 0 Å². The summed E-state index contributed by atoms with van der Waals surface area (Å²) in [6.45, 7) is 1.76. The van der Waals surface area contributed by atoms with Crippen LogP contribution in [0.2, 0.25) is 0 Å². The largest absolute Gasteiger partial charge is 0.370 e. The summed E-state index contributed by atoms with van der Waals surface area (Å²) in [5, 5.41) is 26.1. The predicted molar refractivity (Wildman–Crippen MR) is 78.8 cm³/mol. The molecule has 6 nitrogen and oxygen atoms in total. The van der Waals surface area contributed by atoms with Crippen molar-refractivity contribution in [2.75, 3.05) is 24.6 Å². The molecular weight excluding hydrogens is 278 g/mol. The van der Waals surface area contributed by atoms with Crippen LogP contribution in [-0.2, 0) is 4.74 Å². The summed E-state index contributed by atoms with van der Waals surface area (Å²) in [5.74, 6) is 0.578. The second kappa shape index (κ2) is 6.21. The Hall–Kier alpha value is -2.96. The van der Waals surface area contributed by atoms with Crippen LogP contribution < -0.4 is 4.90 Å². The van der Waals surface area contributed by atoms with Crippen LogP contribution in [0.5, 0.6) is 0 Å². The zero-order valence-corrected chi connectivity index (χ0v) is 11.8. The molecule has 2 heterocycles. The normalized spacial score (nSPS) is 17.5. The van der Waals surface area contributed by atoms with Crippen molar-refractivity contribution < 1.29 is 4.74 Å². The summed E-state index contributed by atoms with van der Waals surface area (Å²) in [7, 11) is 0. The van der Waals surface area contributed by atoms with E-state index < -0.39 is 0 Å². The van der Waals surface area contributed by atoms with Crippen molar-refractivity contribution >= 4 is 5.82 Å². The molecule has 1 aliphatic rings. The fourth-order valence-corrected chi connectivity index (χ4v) is 2.50. The molecule has 0 aliphatic carbocycles. The minimum Gasteiger partial charge on any atom is -0.370 e. The number of anilines is 1. The lowest BCUT2D eigenvalue weighted by Gasteiger charge is -2.34. The van der Waals surface area contributed by atoms with Gasteiger partial charge in [-0.2, -0.15) is 15.6 Å². The molecule has 1 unspecified atom stereocenters. The second-order valence-corrected chi connectivity index (χ2v) is 4.92. The number of ether oxygens (including phenoxy) is 1. The van der Waals surface area contributed by atoms with E-state index in [1.807, 2.05) is 23.1 Å². The fraction of sp³-hybridized carbons (Fsp3) is 0.250. The zero-order valence-electron chi connectivity index (χ0n) is 11.8. The van der Waals surface area contributed by atoms with Crippen LogP contribution >= 0.6 is 0 Å². The average molecular weight is 291 g/mol. The second-order valence-electron chi connectivity index (χ2n) is 4.92. The molecule has 1 aromatic heterocycles. The maximum atomic E-state index is 9.19. The van der Waals surface area contributed by atoms with E-state index in [4.69, 9.17) is 10.00 Å². The first-order valence-electron chi connectivity index (χ1n) is 6.90. The average Bonchev–Trinajstić information content (AvgIpc) is 2.62. The van der Waals surface area contributed by atoms with E-state index in [1.54, 1.807) is 12.1 Å². The first-order chi connectivity index (χ1) is 10.8. The number of nitrogens with zero attached hydrogens (tertiary/aromatic N) is 5. The van der Waals surface area contributed by atoms with Gasteiger partial charge in [-0.3, -0.25) is 0 Å². The van der Waals surface area contributed by atoms with Crippen molar-refractivity contribution in [2.24, 2.45) is 0 Å². The summed E-state index contributed by atoms with van der Waals surface area (Å²) >= 11 is 0. The lowest BCUT2D eigenvalue weighted by atomic mass is 10.0. The van der Waals surface area contributed by atoms with E-state index in [-0.39, 0.29) is 6.10 Å². The van der Waals surface area contributed by atoms with Gasteiger partial charge in [-0.25, -0.2) is 0 Å². The number of aromatic nitrogens is 2. The van der Waals surface area contributed by atoms with Gasteiger partial charge in [0.25, 0.3) is 0 Å². The Kier molecular flexibility index (Phi) is 3.95. The van der Waals surface area contributed by atoms with Gasteiger partial charge in [-0.05, 0) is 23.8 Å². The highest BCUT2D eigenvalue weighted by molar-refractivity contribution is 5.53. The minimum absolute atomic E-state index is 0.157. The van der Waals surface area contributed by atoms with E-state index in [0.717, 1.165) is 5.56 Å². The van der Waals surface area contributed by atoms with Crippen LogP contribution in [0.4, 0.5) is 5.82 Å². The van der Waals surface area contributed by atoms with Crippen molar-refractivity contribution in [3.8, 4) is 12.1 Å². The number of nitriles is 2. The minimum atomic E-state index is -0.157. The number of hydrogen-bond acceptors (Lipinski definition) is 6. The Labute approximate surface area is 128 Å². The predicted octanol–water partition coefficient (Wildman–Crippen LogP) is 1.80. The fourth-order valence-electron chi connectivity index (χ4n) is 2.50. The molecule has 0 radical (unpaired) electrons. The topological polar surface area (TPSA) is 85.8 Å². The first kappa shape index (κ1) is 14.0. The van der Waals surface area contributed by atoms with Crippen molar-refractivity contribution in [1.29, 1.82) is 10.5 Å². The van der Waals surface area contributed by atoms with Crippen molar-refractivity contribution in [3.63, 3.8) is 0 Å². The molecule has 0 saturated carbocycles. The molecule has 0 spiro atoms. The molecule has 6 heteroatoms. The van der Waals surface area contributed by atoms with Gasteiger partial charge in [0.05, 0.1) is 30.0 Å². The molecule has 2 aromatic rings. The van der Waals surface area contributed by atoms with Gasteiger partial charge in [-0.15, -0.1) is 5.10 Å². The Morgan fingerprint density at radius 2 is 2.14 bits per heavy atom. The van der Waals surface area contributed by atoms with Gasteiger partial charge in [0.15, 0.2) is 5.82 Å². The highest BCUT2D eigenvalue weighted by atomic mass is 16.5. The highest BCUT2D eigenvalue weighted by Gasteiger charge is 2.25. The monoisotopic (exact) mass is 291 g/mol. The van der Waals surface area contributed by atoms with E-state index in [2.05, 4.69) is 22.3 Å². The Balaban J connectivity index is 1.85. The standard InChI is InChI=1S/C16H13N5O/c17-9-12-2-1-3-13(8-12)15-11-21(6-7-22-15)16-14(10-18)4-5-19-20-16/h1-5,8,15H,6-7,11H2. The Bertz CT molecular complexity index is 762. The third kappa shape index (κ3) is 2.73. The number of hydrogen-bond donors (Lipinski definition) is 0. The quantitative estimate of drug-likeness (QED) is 0.838. The number of rotatable bonds is 2. The maximum absolute atomic E-state index is 9.19. The number of benzene rings is 1. The molecule has 1 aliphatic heterocycles. The summed E-state index contributed by atoms with van der Waals surface area (Å²) in [6.07, 6.45) is 1.35. The Morgan fingerprint density at radius 3 is 2.95 bits per heavy atom. The molecule has 1 fully saturated rings. The molecule has 3 rings (SSSR count). The van der Waals surface area contributed by atoms with Crippen LogP contribution in [0.1, 0.15) is 22.8 Å². The van der Waals surface area contributed by atoms with Crippen molar-refractivity contribution in [3.05, 3.63) is 53.2 Å². The van der Waals surface area contributed by atoms with Crippen molar-refractivity contribution in [1.82, 2.24) is 10.2 Å². The summed E-state index contributed by atoms with van der Waals surface area (Å²) in [6, 6.07) is 13.3. The molecule has 1 aromatic carbocycles. The summed E-state index contributed by atoms with van der Waals surface area (Å²) in [5.41, 5.74) is 2.06. The van der Waals surface area contributed by atoms with E-state index in [0.29, 0.717) is 36.6 Å². The van der Waals surface area contributed by atoms with E-state index in [1.165, 1.54) is 6.20 Å². The molecule has 108 valence electrons. The molecule has 22 heavy (non-hydrogen) atoms. The van der Waals surface area contributed by atoms with Crippen molar-refractivity contribution in [2.45, 2.75) is 6.10 Å². The molecule has 0 amide bonds. The maximum Gasteiger partial charge on any atom is 0.169 e. The van der Waals surface area contributed by atoms with Gasteiger partial charge >= 0.3 is 0 Å². The van der Waals surface area contributed by atoms with E-state index in [9.17, 15) is 5.26 Å². The third-order valence-electron chi connectivity index (χ3n) is 3.58. The van der Waals surface area contributed by atoms with Gasteiger partial charge < -0.3 is 9.64 Å². The van der Waals surface area contributed by atoms with Crippen LogP contribution in [0, 0.1) is 22.7 Å². The first-order valence-corrected chi connectivity index (χ1v) is 6.90.